The zero-order valence-corrected chi connectivity index (χ0v) is 42.9. The van der Waals surface area contributed by atoms with Crippen molar-refractivity contribution in [3.8, 4) is 28.2 Å². The highest BCUT2D eigenvalue weighted by atomic mass is 28.3. The first-order chi connectivity index (χ1) is 38.2. The molecule has 77 heavy (non-hydrogen) atoms. The van der Waals surface area contributed by atoms with E-state index < -0.39 is 8.07 Å². The fraction of sp³-hybridized carbons (Fsp3) is 0. The first-order valence-corrected chi connectivity index (χ1v) is 28.5. The maximum Gasteiger partial charge on any atom is 0.180 e. The summed E-state index contributed by atoms with van der Waals surface area (Å²) in [6.45, 7) is 0. The van der Waals surface area contributed by atoms with E-state index in [0.717, 1.165) is 61.2 Å². The summed E-state index contributed by atoms with van der Waals surface area (Å²) < 4.78 is 14.1. The predicted octanol–water partition coefficient (Wildman–Crippen LogP) is 15.9. The molecule has 0 aliphatic rings. The van der Waals surface area contributed by atoms with Crippen LogP contribution in [-0.2, 0) is 0 Å². The van der Waals surface area contributed by atoms with Crippen molar-refractivity contribution >= 4 is 116 Å². The van der Waals surface area contributed by atoms with Crippen molar-refractivity contribution in [2.75, 3.05) is 0 Å². The number of fused-ring (bicyclic) bond motifs is 12. The Hall–Kier alpha value is -9.94. The molecule has 4 nitrogen and oxygen atoms in total. The van der Waals surface area contributed by atoms with Crippen LogP contribution in [0.3, 0.4) is 0 Å². The van der Waals surface area contributed by atoms with Gasteiger partial charge in [-0.3, -0.25) is 0 Å². The summed E-state index contributed by atoms with van der Waals surface area (Å²) in [5, 5.41) is 15.0. The highest BCUT2D eigenvalue weighted by molar-refractivity contribution is 7.20. The van der Waals surface area contributed by atoms with E-state index in [2.05, 4.69) is 293 Å². The number of nitrogens with zero attached hydrogens (tertiary/aromatic N) is 3. The number of para-hydroxylation sites is 5. The Bertz CT molecular complexity index is 4890. The molecule has 0 atom stereocenters. The minimum atomic E-state index is -3.16. The van der Waals surface area contributed by atoms with E-state index >= 15 is 0 Å². The number of hydrogen-bond donors (Lipinski definition) is 0. The number of hydrogen-bond acceptors (Lipinski definition) is 1. The summed E-state index contributed by atoms with van der Waals surface area (Å²) >= 11 is 0. The third-order valence-electron chi connectivity index (χ3n) is 16.4. The highest BCUT2D eigenvalue weighted by Crippen LogP contribution is 2.42. The third-order valence-corrected chi connectivity index (χ3v) is 21.2. The van der Waals surface area contributed by atoms with Gasteiger partial charge in [0.15, 0.2) is 8.07 Å². The second-order valence-corrected chi connectivity index (χ2v) is 24.1. The molecule has 0 amide bonds. The lowest BCUT2D eigenvalue weighted by atomic mass is 10.0. The van der Waals surface area contributed by atoms with E-state index in [-0.39, 0.29) is 0 Å². The highest BCUT2D eigenvalue weighted by Gasteiger charge is 2.43. The van der Waals surface area contributed by atoms with Crippen LogP contribution in [0.2, 0.25) is 0 Å². The second-order valence-electron chi connectivity index (χ2n) is 20.3. The topological polar surface area (TPSA) is 27.9 Å². The van der Waals surface area contributed by atoms with Gasteiger partial charge in [0.25, 0.3) is 0 Å². The quantitative estimate of drug-likeness (QED) is 0.110. The Balaban J connectivity index is 0.951. The van der Waals surface area contributed by atoms with Gasteiger partial charge in [-0.05, 0) is 105 Å². The smallest absolute Gasteiger partial charge is 0.180 e. The van der Waals surface area contributed by atoms with Gasteiger partial charge in [0, 0.05) is 65.7 Å². The first kappa shape index (κ1) is 43.5. The van der Waals surface area contributed by atoms with Crippen LogP contribution in [0.1, 0.15) is 0 Å². The zero-order chi connectivity index (χ0) is 50.6. The molecule has 0 aliphatic heterocycles. The van der Waals surface area contributed by atoms with E-state index in [9.17, 15) is 0 Å². The van der Waals surface area contributed by atoms with Crippen molar-refractivity contribution < 1.29 is 4.42 Å². The molecule has 4 heterocycles. The molecule has 360 valence electrons. The molecule has 0 aliphatic carbocycles. The monoisotopic (exact) mass is 997 g/mol. The van der Waals surface area contributed by atoms with Crippen LogP contribution in [0.4, 0.5) is 0 Å². The lowest BCUT2D eigenvalue weighted by Crippen LogP contribution is -2.74. The molecule has 0 unspecified atom stereocenters. The van der Waals surface area contributed by atoms with Crippen molar-refractivity contribution in [2.45, 2.75) is 0 Å². The Labute approximate surface area is 445 Å². The average molecular weight is 998 g/mol. The molecule has 4 aromatic heterocycles. The minimum absolute atomic E-state index is 0.887. The lowest BCUT2D eigenvalue weighted by Gasteiger charge is -2.35. The number of furan rings is 1. The molecular formula is C72H47N3OSi. The lowest BCUT2D eigenvalue weighted by molar-refractivity contribution is 0.670. The molecule has 16 rings (SSSR count). The largest absolute Gasteiger partial charge is 0.455 e. The zero-order valence-electron chi connectivity index (χ0n) is 41.9. The van der Waals surface area contributed by atoms with Crippen LogP contribution in [0.5, 0.6) is 0 Å². The summed E-state index contributed by atoms with van der Waals surface area (Å²) in [6, 6.07) is 106. The van der Waals surface area contributed by atoms with Gasteiger partial charge < -0.3 is 18.1 Å². The Morgan fingerprint density at radius 1 is 0.273 bits per heavy atom. The van der Waals surface area contributed by atoms with Gasteiger partial charge in [-0.1, -0.05) is 206 Å². The van der Waals surface area contributed by atoms with E-state index in [1.165, 1.54) is 75.1 Å². The molecule has 12 aromatic carbocycles. The van der Waals surface area contributed by atoms with Gasteiger partial charge in [0.05, 0.1) is 33.1 Å². The van der Waals surface area contributed by atoms with E-state index in [0.29, 0.717) is 0 Å². The Morgan fingerprint density at radius 3 is 1.39 bits per heavy atom. The standard InChI is InChI=1S/C72H47N3OSi/c1-4-22-48(23-5-1)60-46-51(47-62-58-33-14-19-40-69(58)76-72(60)62)75-65-37-17-12-32-57(65)61-45-50(42-43-67(61)75)74-66-38-18-13-34-59(66)71-68(74)39-21-41-70(71)77(52-25-6-2-7-26-52,53-27-8-3-9-28-53)54-29-20-24-49(44-54)73-63-35-15-10-30-55(63)56-31-11-16-36-64(56)73/h1-47H. The molecule has 0 saturated carbocycles. The van der Waals surface area contributed by atoms with E-state index in [4.69, 9.17) is 4.42 Å². The van der Waals surface area contributed by atoms with Crippen LogP contribution in [0, 0.1) is 0 Å². The third kappa shape index (κ3) is 6.38. The summed E-state index contributed by atoms with van der Waals surface area (Å²) in [6.07, 6.45) is 0. The number of rotatable bonds is 8. The van der Waals surface area contributed by atoms with Gasteiger partial charge in [-0.2, -0.15) is 0 Å². The summed E-state index contributed by atoms with van der Waals surface area (Å²) in [7, 11) is -3.16. The first-order valence-electron chi connectivity index (χ1n) is 26.5. The van der Waals surface area contributed by atoms with Gasteiger partial charge >= 0.3 is 0 Å². The minimum Gasteiger partial charge on any atom is -0.455 e. The Morgan fingerprint density at radius 2 is 0.727 bits per heavy atom. The fourth-order valence-electron chi connectivity index (χ4n) is 13.2. The maximum atomic E-state index is 6.66. The normalized spacial score (nSPS) is 12.2. The van der Waals surface area contributed by atoms with Crippen LogP contribution in [0.15, 0.2) is 290 Å². The van der Waals surface area contributed by atoms with E-state index in [1.54, 1.807) is 0 Å². The fourth-order valence-corrected chi connectivity index (χ4v) is 18.2. The summed E-state index contributed by atoms with van der Waals surface area (Å²) in [5.41, 5.74) is 14.4. The van der Waals surface area contributed by atoms with Crippen molar-refractivity contribution in [2.24, 2.45) is 0 Å². The van der Waals surface area contributed by atoms with Crippen LogP contribution >= 0.6 is 0 Å². The molecular weight excluding hydrogens is 951 g/mol. The van der Waals surface area contributed by atoms with Gasteiger partial charge in [-0.15, -0.1) is 0 Å². The molecule has 16 aromatic rings. The van der Waals surface area contributed by atoms with Crippen LogP contribution in [0.25, 0.3) is 116 Å². The maximum absolute atomic E-state index is 6.66. The number of benzene rings is 12. The molecule has 0 N–H and O–H groups in total. The van der Waals surface area contributed by atoms with Gasteiger partial charge in [0.2, 0.25) is 0 Å². The summed E-state index contributed by atoms with van der Waals surface area (Å²) in [4.78, 5) is 0. The van der Waals surface area contributed by atoms with Crippen molar-refractivity contribution in [3.05, 3.63) is 285 Å². The average Bonchev–Trinajstić information content (AvgIpc) is 4.39. The van der Waals surface area contributed by atoms with Crippen LogP contribution in [-0.4, -0.2) is 21.8 Å². The van der Waals surface area contributed by atoms with Crippen LogP contribution < -0.4 is 20.7 Å². The second kappa shape index (κ2) is 17.0. The van der Waals surface area contributed by atoms with Gasteiger partial charge in [-0.25, -0.2) is 0 Å². The molecule has 0 radical (unpaired) electrons. The van der Waals surface area contributed by atoms with Crippen molar-refractivity contribution in [1.29, 1.82) is 0 Å². The molecule has 0 fully saturated rings. The predicted molar refractivity (Wildman–Crippen MR) is 326 cm³/mol. The van der Waals surface area contributed by atoms with E-state index in [1.807, 2.05) is 6.07 Å². The van der Waals surface area contributed by atoms with Gasteiger partial charge in [0.1, 0.15) is 11.2 Å². The molecule has 0 bridgehead atoms. The molecule has 0 saturated heterocycles. The SMILES string of the molecule is c1ccc(-c2cc(-n3c4ccccc4c4cc(-n5c6ccccc6c6c([Si](c7ccccc7)(c7ccccc7)c7cccc(-n8c9ccccc9c9ccccc98)c7)cccc65)ccc43)cc3c2oc2ccccc23)cc1. The van der Waals surface area contributed by atoms with Crippen molar-refractivity contribution in [3.63, 3.8) is 0 Å². The van der Waals surface area contributed by atoms with Crippen molar-refractivity contribution in [1.82, 2.24) is 13.7 Å². The Kier molecular flexibility index (Phi) is 9.62. The molecule has 5 heteroatoms. The number of aromatic nitrogens is 3. The molecule has 0 spiro atoms. The summed E-state index contributed by atoms with van der Waals surface area (Å²) in [5.74, 6) is 0.